The first-order valence-corrected chi connectivity index (χ1v) is 11.1. The Kier molecular flexibility index (Phi) is 4.88. The average molecular weight is 378 g/mol. The fraction of sp³-hybridized carbons (Fsp3) is 0.500. The van der Waals surface area contributed by atoms with Gasteiger partial charge in [0, 0.05) is 11.3 Å². The number of carbonyl (C=O) groups excluding carboxylic acids is 1. The fourth-order valence-electron chi connectivity index (χ4n) is 2.93. The molecule has 0 radical (unpaired) electrons. The van der Waals surface area contributed by atoms with Gasteiger partial charge in [0.15, 0.2) is 5.82 Å². The molecular weight excluding hydrogens is 352 g/mol. The number of rotatable bonds is 6. The zero-order valence-corrected chi connectivity index (χ0v) is 16.2. The van der Waals surface area contributed by atoms with Crippen molar-refractivity contribution >= 4 is 21.8 Å². The van der Waals surface area contributed by atoms with Crippen LogP contribution >= 0.6 is 0 Å². The van der Waals surface area contributed by atoms with E-state index in [-0.39, 0.29) is 17.6 Å². The van der Waals surface area contributed by atoms with E-state index >= 15 is 0 Å². The second-order valence-electron chi connectivity index (χ2n) is 7.65. The van der Waals surface area contributed by atoms with Crippen molar-refractivity contribution in [1.29, 1.82) is 0 Å². The highest BCUT2D eigenvalue weighted by atomic mass is 32.2. The van der Waals surface area contributed by atoms with E-state index < -0.39 is 14.7 Å². The first-order chi connectivity index (χ1) is 12.2. The Bertz CT molecular complexity index is 840. The molecule has 142 valence electrons. The molecule has 1 fully saturated rings. The minimum atomic E-state index is -2.67. The molecule has 1 aliphatic carbocycles. The highest BCUT2D eigenvalue weighted by Gasteiger charge is 2.41. The number of hydrogen-bond acceptors (Lipinski definition) is 5. The van der Waals surface area contributed by atoms with E-state index in [1.54, 1.807) is 44.4 Å². The van der Waals surface area contributed by atoms with Gasteiger partial charge in [0.05, 0.1) is 4.75 Å². The van der Waals surface area contributed by atoms with Crippen molar-refractivity contribution in [3.8, 4) is 17.1 Å². The standard InChI is InChI=1S/C18H26N4O3S/c1-18(2,26(3,25)11-12-5-4-6-12)16(24)20-17-19-15(21-22-17)13-7-9-14(23)10-8-13/h7-10,12,23,26H,4-6,11H2,1-3H3,(H2,19,20,21,22,24). The number of benzene rings is 1. The quantitative estimate of drug-likeness (QED) is 0.577. The zero-order chi connectivity index (χ0) is 18.9. The molecule has 1 aliphatic rings. The molecule has 8 heteroatoms. The van der Waals surface area contributed by atoms with Crippen LogP contribution in [0.3, 0.4) is 0 Å². The number of phenolic OH excluding ortho intramolecular Hbond substituents is 1. The number of carbonyl (C=O) groups is 1. The molecule has 0 atom stereocenters. The molecule has 0 unspecified atom stereocenters. The monoisotopic (exact) mass is 378 g/mol. The highest BCUT2D eigenvalue weighted by Crippen LogP contribution is 2.34. The molecule has 0 aliphatic heterocycles. The largest absolute Gasteiger partial charge is 0.508 e. The Morgan fingerprint density at radius 2 is 2.00 bits per heavy atom. The summed E-state index contributed by atoms with van der Waals surface area (Å²) in [6.07, 6.45) is 5.13. The second kappa shape index (κ2) is 6.83. The lowest BCUT2D eigenvalue weighted by Crippen LogP contribution is -2.51. The number of hydrogen-bond donors (Lipinski definition) is 4. The zero-order valence-electron chi connectivity index (χ0n) is 15.3. The molecule has 1 heterocycles. The van der Waals surface area contributed by atoms with Crippen molar-refractivity contribution in [3.63, 3.8) is 0 Å². The summed E-state index contributed by atoms with van der Waals surface area (Å²) in [7, 11) is -2.67. The number of aromatic hydroxyl groups is 1. The van der Waals surface area contributed by atoms with Crippen LogP contribution in [-0.4, -0.2) is 47.2 Å². The Morgan fingerprint density at radius 1 is 1.35 bits per heavy atom. The first-order valence-electron chi connectivity index (χ1n) is 8.79. The number of nitrogens with zero attached hydrogens (tertiary/aromatic N) is 2. The van der Waals surface area contributed by atoms with Crippen LogP contribution in [0.1, 0.15) is 33.1 Å². The molecule has 0 spiro atoms. The highest BCUT2D eigenvalue weighted by molar-refractivity contribution is 8.04. The fourth-order valence-corrected chi connectivity index (χ4v) is 5.22. The summed E-state index contributed by atoms with van der Waals surface area (Å²) in [5, 5.41) is 18.8. The Morgan fingerprint density at radius 3 is 2.58 bits per heavy atom. The number of aromatic nitrogens is 3. The van der Waals surface area contributed by atoms with Crippen molar-refractivity contribution in [2.24, 2.45) is 5.92 Å². The normalized spacial score (nSPS) is 16.1. The van der Waals surface area contributed by atoms with Gasteiger partial charge in [0.25, 0.3) is 0 Å². The van der Waals surface area contributed by atoms with Gasteiger partial charge >= 0.3 is 0 Å². The summed E-state index contributed by atoms with van der Waals surface area (Å²) in [5.74, 6) is 1.55. The lowest BCUT2D eigenvalue weighted by molar-refractivity contribution is -0.117. The SMILES string of the molecule is CC(C)(C(=O)Nc1nc(-c2ccc(O)cc2)n[nH]1)[SH](C)(=O)CC1CCC1. The summed E-state index contributed by atoms with van der Waals surface area (Å²) < 4.78 is 12.2. The van der Waals surface area contributed by atoms with Gasteiger partial charge in [-0.15, -0.1) is 0 Å². The van der Waals surface area contributed by atoms with Crippen LogP contribution in [0, 0.1) is 5.92 Å². The number of aromatic amines is 1. The Labute approximate surface area is 154 Å². The number of anilines is 1. The van der Waals surface area contributed by atoms with Gasteiger partial charge < -0.3 is 5.11 Å². The molecule has 0 saturated heterocycles. The maximum atomic E-state index is 13.2. The third-order valence-corrected chi connectivity index (χ3v) is 9.19. The van der Waals surface area contributed by atoms with Gasteiger partial charge in [0.1, 0.15) is 5.75 Å². The van der Waals surface area contributed by atoms with E-state index in [0.717, 1.165) is 12.8 Å². The Balaban J connectivity index is 1.70. The molecular formula is C18H26N4O3S. The van der Waals surface area contributed by atoms with Crippen LogP contribution < -0.4 is 5.32 Å². The molecule has 1 aromatic heterocycles. The lowest BCUT2D eigenvalue weighted by Gasteiger charge is -2.39. The minimum absolute atomic E-state index is 0.157. The van der Waals surface area contributed by atoms with Gasteiger partial charge in [-0.2, -0.15) is 10.1 Å². The van der Waals surface area contributed by atoms with Gasteiger partial charge in [-0.05, 0) is 63.1 Å². The van der Waals surface area contributed by atoms with Gasteiger partial charge in [0.2, 0.25) is 11.9 Å². The van der Waals surface area contributed by atoms with Crippen LogP contribution in [0.2, 0.25) is 0 Å². The van der Waals surface area contributed by atoms with E-state index in [1.165, 1.54) is 6.42 Å². The maximum Gasteiger partial charge on any atom is 0.242 e. The molecule has 1 amide bonds. The maximum absolute atomic E-state index is 13.2. The number of phenols is 1. The number of thiol groups is 1. The lowest BCUT2D eigenvalue weighted by atomic mass is 9.87. The molecule has 26 heavy (non-hydrogen) atoms. The first kappa shape index (κ1) is 18.6. The van der Waals surface area contributed by atoms with E-state index in [1.807, 2.05) is 0 Å². The van der Waals surface area contributed by atoms with Crippen LogP contribution in [0.4, 0.5) is 5.95 Å². The summed E-state index contributed by atoms with van der Waals surface area (Å²) >= 11 is 0. The topological polar surface area (TPSA) is 108 Å². The van der Waals surface area contributed by atoms with E-state index in [2.05, 4.69) is 20.5 Å². The van der Waals surface area contributed by atoms with Gasteiger partial charge in [-0.25, -0.2) is 5.10 Å². The predicted octanol–water partition coefficient (Wildman–Crippen LogP) is 2.34. The third-order valence-electron chi connectivity index (χ3n) is 5.41. The van der Waals surface area contributed by atoms with Crippen LogP contribution in [0.25, 0.3) is 11.4 Å². The van der Waals surface area contributed by atoms with Crippen LogP contribution in [0.5, 0.6) is 5.75 Å². The molecule has 7 nitrogen and oxygen atoms in total. The second-order valence-corrected chi connectivity index (χ2v) is 11.3. The molecule has 1 aromatic carbocycles. The van der Waals surface area contributed by atoms with Crippen molar-refractivity contribution < 1.29 is 14.1 Å². The van der Waals surface area contributed by atoms with Crippen molar-refractivity contribution in [3.05, 3.63) is 24.3 Å². The van der Waals surface area contributed by atoms with Crippen molar-refractivity contribution in [2.45, 2.75) is 37.9 Å². The summed E-state index contributed by atoms with van der Waals surface area (Å²) in [6.45, 7) is 3.47. The summed E-state index contributed by atoms with van der Waals surface area (Å²) in [6, 6.07) is 6.46. The summed E-state index contributed by atoms with van der Waals surface area (Å²) in [4.78, 5) is 17.0. The third kappa shape index (κ3) is 3.65. The average Bonchev–Trinajstić information content (AvgIpc) is 3.00. The Hall–Kier alpha value is -2.22. The predicted molar refractivity (Wildman–Crippen MR) is 104 cm³/mol. The van der Waals surface area contributed by atoms with Gasteiger partial charge in [-0.1, -0.05) is 16.4 Å². The van der Waals surface area contributed by atoms with Gasteiger partial charge in [-0.3, -0.25) is 14.3 Å². The van der Waals surface area contributed by atoms with E-state index in [0.29, 0.717) is 23.1 Å². The molecule has 1 saturated carbocycles. The van der Waals surface area contributed by atoms with Crippen LogP contribution in [0.15, 0.2) is 24.3 Å². The van der Waals surface area contributed by atoms with Crippen molar-refractivity contribution in [1.82, 2.24) is 15.2 Å². The molecule has 3 N–H and O–H groups in total. The van der Waals surface area contributed by atoms with E-state index in [4.69, 9.17) is 0 Å². The molecule has 3 rings (SSSR count). The molecule has 2 aromatic rings. The smallest absolute Gasteiger partial charge is 0.242 e. The number of H-pyrrole nitrogens is 1. The van der Waals surface area contributed by atoms with Crippen molar-refractivity contribution in [2.75, 3.05) is 17.3 Å². The minimum Gasteiger partial charge on any atom is -0.508 e. The van der Waals surface area contributed by atoms with E-state index in [9.17, 15) is 14.1 Å². The van der Waals surface area contributed by atoms with Crippen LogP contribution in [-0.2, 0) is 14.7 Å². The summed E-state index contributed by atoms with van der Waals surface area (Å²) in [5.41, 5.74) is 0.713. The molecule has 0 bridgehead atoms. The number of amides is 1. The number of nitrogens with one attached hydrogen (secondary N) is 2.